The Morgan fingerprint density at radius 1 is 0.941 bits per heavy atom. The largest absolute Gasteiger partial charge is 0.457 e. The predicted molar refractivity (Wildman–Crippen MR) is 129 cm³/mol. The molecule has 3 aromatic rings. The van der Waals surface area contributed by atoms with Crippen LogP contribution in [0.2, 0.25) is 0 Å². The molecular weight excluding hydrogens is 432 g/mol. The number of nitrogens with zero attached hydrogens (tertiary/aromatic N) is 1. The molecular formula is C27H26N2O5. The van der Waals surface area contributed by atoms with Crippen LogP contribution in [0, 0.1) is 19.8 Å². The van der Waals surface area contributed by atoms with Gasteiger partial charge in [-0.3, -0.25) is 14.4 Å². The van der Waals surface area contributed by atoms with Crippen molar-refractivity contribution < 1.29 is 23.9 Å². The highest BCUT2D eigenvalue weighted by atomic mass is 16.5. The van der Waals surface area contributed by atoms with Gasteiger partial charge >= 0.3 is 5.97 Å². The lowest BCUT2D eigenvalue weighted by Gasteiger charge is -2.17. The summed E-state index contributed by atoms with van der Waals surface area (Å²) >= 11 is 0. The number of rotatable bonds is 7. The minimum Gasteiger partial charge on any atom is -0.457 e. The summed E-state index contributed by atoms with van der Waals surface area (Å²) in [7, 11) is 0. The molecule has 4 rings (SSSR count). The van der Waals surface area contributed by atoms with Crippen LogP contribution in [0.3, 0.4) is 0 Å². The van der Waals surface area contributed by atoms with Gasteiger partial charge in [0.25, 0.3) is 5.91 Å². The van der Waals surface area contributed by atoms with Crippen molar-refractivity contribution in [2.45, 2.75) is 20.3 Å². The first-order chi connectivity index (χ1) is 16.4. The summed E-state index contributed by atoms with van der Waals surface area (Å²) in [6.45, 7) is 3.80. The minimum atomic E-state index is -0.601. The second-order valence-corrected chi connectivity index (χ2v) is 8.27. The molecule has 1 aliphatic rings. The Morgan fingerprint density at radius 2 is 1.65 bits per heavy atom. The fourth-order valence-electron chi connectivity index (χ4n) is 3.69. The second kappa shape index (κ2) is 10.2. The predicted octanol–water partition coefficient (Wildman–Crippen LogP) is 4.63. The van der Waals surface area contributed by atoms with E-state index in [1.165, 1.54) is 0 Å². The van der Waals surface area contributed by atoms with Gasteiger partial charge in [0.15, 0.2) is 6.61 Å². The number of amides is 2. The molecule has 1 fully saturated rings. The molecule has 0 aromatic heterocycles. The number of esters is 1. The summed E-state index contributed by atoms with van der Waals surface area (Å²) < 4.78 is 10.9. The van der Waals surface area contributed by atoms with E-state index in [-0.39, 0.29) is 18.9 Å². The molecule has 0 radical (unpaired) electrons. The molecule has 1 saturated heterocycles. The molecule has 1 atom stereocenters. The van der Waals surface area contributed by atoms with Gasteiger partial charge in [-0.15, -0.1) is 0 Å². The van der Waals surface area contributed by atoms with Crippen molar-refractivity contribution in [1.29, 1.82) is 0 Å². The molecule has 7 nitrogen and oxygen atoms in total. The molecule has 0 bridgehead atoms. The average molecular weight is 459 g/mol. The molecule has 174 valence electrons. The standard InChI is InChI=1S/C27H26N2O5/c1-18-8-11-22(14-19(18)2)29-16-20(15-26(29)31)27(32)33-17-25(30)28-21-9-12-24(13-10-21)34-23-6-4-3-5-7-23/h3-14,20H,15-17H2,1-2H3,(H,28,30)/t20-/m1/s1. The van der Waals surface area contributed by atoms with Crippen LogP contribution in [0.15, 0.2) is 72.8 Å². The lowest BCUT2D eigenvalue weighted by atomic mass is 10.1. The molecule has 7 heteroatoms. The van der Waals surface area contributed by atoms with Crippen molar-refractivity contribution in [2.75, 3.05) is 23.4 Å². The van der Waals surface area contributed by atoms with Crippen LogP contribution in [0.4, 0.5) is 11.4 Å². The highest BCUT2D eigenvalue weighted by Crippen LogP contribution is 2.27. The first-order valence-electron chi connectivity index (χ1n) is 11.1. The third-order valence-corrected chi connectivity index (χ3v) is 5.72. The first kappa shape index (κ1) is 23.0. The third kappa shape index (κ3) is 5.61. The molecule has 34 heavy (non-hydrogen) atoms. The fourth-order valence-corrected chi connectivity index (χ4v) is 3.69. The van der Waals surface area contributed by atoms with Crippen molar-refractivity contribution in [1.82, 2.24) is 0 Å². The van der Waals surface area contributed by atoms with Crippen LogP contribution in [0.1, 0.15) is 17.5 Å². The number of ether oxygens (including phenoxy) is 2. The number of anilines is 2. The lowest BCUT2D eigenvalue weighted by molar-refractivity contribution is -0.151. The zero-order chi connectivity index (χ0) is 24.1. The van der Waals surface area contributed by atoms with Crippen LogP contribution in [-0.2, 0) is 19.1 Å². The summed E-state index contributed by atoms with van der Waals surface area (Å²) in [5.41, 5.74) is 3.53. The van der Waals surface area contributed by atoms with E-state index in [0.717, 1.165) is 16.8 Å². The molecule has 0 unspecified atom stereocenters. The number of carbonyl (C=O) groups is 3. The van der Waals surface area contributed by atoms with E-state index in [0.29, 0.717) is 17.2 Å². The zero-order valence-corrected chi connectivity index (χ0v) is 19.1. The van der Waals surface area contributed by atoms with Crippen LogP contribution >= 0.6 is 0 Å². The maximum Gasteiger partial charge on any atom is 0.311 e. The van der Waals surface area contributed by atoms with E-state index in [9.17, 15) is 14.4 Å². The molecule has 1 aliphatic heterocycles. The van der Waals surface area contributed by atoms with Crippen LogP contribution in [0.5, 0.6) is 11.5 Å². The molecule has 1 N–H and O–H groups in total. The van der Waals surface area contributed by atoms with Crippen LogP contribution in [0.25, 0.3) is 0 Å². The molecule has 1 heterocycles. The average Bonchev–Trinajstić information content (AvgIpc) is 3.23. The van der Waals surface area contributed by atoms with E-state index < -0.39 is 24.4 Å². The van der Waals surface area contributed by atoms with E-state index >= 15 is 0 Å². The molecule has 0 aliphatic carbocycles. The number of nitrogens with one attached hydrogen (secondary N) is 1. The Labute approximate surface area is 198 Å². The maximum atomic E-state index is 12.5. The zero-order valence-electron chi connectivity index (χ0n) is 19.1. The Balaban J connectivity index is 1.25. The smallest absolute Gasteiger partial charge is 0.311 e. The second-order valence-electron chi connectivity index (χ2n) is 8.27. The molecule has 0 spiro atoms. The number of hydrogen-bond acceptors (Lipinski definition) is 5. The number of aryl methyl sites for hydroxylation is 2. The minimum absolute atomic E-state index is 0.0657. The quantitative estimate of drug-likeness (QED) is 0.522. The summed E-state index contributed by atoms with van der Waals surface area (Å²) in [4.78, 5) is 38.7. The Morgan fingerprint density at radius 3 is 2.35 bits per heavy atom. The third-order valence-electron chi connectivity index (χ3n) is 5.72. The molecule has 0 saturated carbocycles. The Kier molecular flexibility index (Phi) is 6.92. The van der Waals surface area contributed by atoms with Crippen molar-refractivity contribution in [3.63, 3.8) is 0 Å². The van der Waals surface area contributed by atoms with E-state index in [4.69, 9.17) is 9.47 Å². The molecule has 3 aromatic carbocycles. The van der Waals surface area contributed by atoms with Crippen molar-refractivity contribution >= 4 is 29.2 Å². The van der Waals surface area contributed by atoms with Crippen molar-refractivity contribution in [2.24, 2.45) is 5.92 Å². The number of hydrogen-bond donors (Lipinski definition) is 1. The van der Waals surface area contributed by atoms with Gasteiger partial charge in [0.1, 0.15) is 11.5 Å². The highest BCUT2D eigenvalue weighted by Gasteiger charge is 2.36. The fraction of sp³-hybridized carbons (Fsp3) is 0.222. The van der Waals surface area contributed by atoms with Crippen molar-refractivity contribution in [3.8, 4) is 11.5 Å². The van der Waals surface area contributed by atoms with Gasteiger partial charge in [-0.05, 0) is 73.5 Å². The maximum absolute atomic E-state index is 12.5. The normalized spacial score (nSPS) is 15.2. The molecule has 2 amide bonds. The van der Waals surface area contributed by atoms with Crippen LogP contribution < -0.4 is 15.0 Å². The summed E-state index contributed by atoms with van der Waals surface area (Å²) in [6, 6.07) is 22.0. The summed E-state index contributed by atoms with van der Waals surface area (Å²) in [5.74, 6) is -0.395. The number of benzene rings is 3. The number of carbonyl (C=O) groups excluding carboxylic acids is 3. The first-order valence-corrected chi connectivity index (χ1v) is 11.1. The van der Waals surface area contributed by atoms with Gasteiger partial charge in [-0.2, -0.15) is 0 Å². The van der Waals surface area contributed by atoms with Crippen molar-refractivity contribution in [3.05, 3.63) is 83.9 Å². The van der Waals surface area contributed by atoms with Gasteiger partial charge < -0.3 is 19.7 Å². The van der Waals surface area contributed by atoms with E-state index in [1.807, 2.05) is 62.4 Å². The van der Waals surface area contributed by atoms with Crippen LogP contribution in [-0.4, -0.2) is 30.9 Å². The topological polar surface area (TPSA) is 84.9 Å². The monoisotopic (exact) mass is 458 g/mol. The van der Waals surface area contributed by atoms with Gasteiger partial charge in [-0.1, -0.05) is 24.3 Å². The summed E-state index contributed by atoms with van der Waals surface area (Å²) in [6.07, 6.45) is 0.0657. The Hall–Kier alpha value is -4.13. The summed E-state index contributed by atoms with van der Waals surface area (Å²) in [5, 5.41) is 2.68. The Bertz CT molecular complexity index is 1190. The van der Waals surface area contributed by atoms with E-state index in [2.05, 4.69) is 5.32 Å². The van der Waals surface area contributed by atoms with E-state index in [1.54, 1.807) is 29.2 Å². The SMILES string of the molecule is Cc1ccc(N2C[C@H](C(=O)OCC(=O)Nc3ccc(Oc4ccccc4)cc3)CC2=O)cc1C. The van der Waals surface area contributed by atoms with Gasteiger partial charge in [-0.25, -0.2) is 0 Å². The van der Waals surface area contributed by atoms with Gasteiger partial charge in [0.2, 0.25) is 5.91 Å². The number of para-hydroxylation sites is 1. The highest BCUT2D eigenvalue weighted by molar-refractivity contribution is 6.00. The van der Waals surface area contributed by atoms with Gasteiger partial charge in [0.05, 0.1) is 5.92 Å². The van der Waals surface area contributed by atoms with Gasteiger partial charge in [0, 0.05) is 24.3 Å². The lowest BCUT2D eigenvalue weighted by Crippen LogP contribution is -2.28.